The molecule has 0 unspecified atom stereocenters. The Bertz CT molecular complexity index is 949. The molecule has 3 rings (SSSR count). The number of aromatic carboxylic acids is 1. The van der Waals surface area contributed by atoms with E-state index in [0.717, 1.165) is 4.70 Å². The molecule has 0 bridgehead atoms. The Balaban J connectivity index is 2.09. The highest BCUT2D eigenvalue weighted by molar-refractivity contribution is 7.20. The average molecular weight is 342 g/mol. The van der Waals surface area contributed by atoms with Gasteiger partial charge in [0.2, 0.25) is 0 Å². The lowest BCUT2D eigenvalue weighted by atomic mass is 10.0. The standard InChI is InChI=1S/C17H14N2O4S/c1-2-9-10(17(21)22)4-3-5-12(9)23-13-7-19-8-15-11(13)6-14(24-15)16(18)20/h3-8H,2H2,1H3,(H2,18,20)(H,21,22). The van der Waals surface area contributed by atoms with E-state index in [9.17, 15) is 14.7 Å². The molecule has 7 heteroatoms. The molecular weight excluding hydrogens is 328 g/mol. The van der Waals surface area contributed by atoms with Gasteiger partial charge in [0.15, 0.2) is 5.75 Å². The number of carbonyl (C=O) groups excluding carboxylic acids is 1. The van der Waals surface area contributed by atoms with Crippen LogP contribution in [0.4, 0.5) is 0 Å². The number of nitrogens with zero attached hydrogens (tertiary/aromatic N) is 1. The van der Waals surface area contributed by atoms with Crippen molar-refractivity contribution in [3.8, 4) is 11.5 Å². The minimum absolute atomic E-state index is 0.207. The number of carboxylic acid groups (broad SMARTS) is 1. The van der Waals surface area contributed by atoms with Crippen LogP contribution in [-0.2, 0) is 6.42 Å². The number of rotatable bonds is 5. The summed E-state index contributed by atoms with van der Waals surface area (Å²) in [6.45, 7) is 1.86. The van der Waals surface area contributed by atoms with E-state index < -0.39 is 11.9 Å². The molecule has 0 aliphatic rings. The van der Waals surface area contributed by atoms with E-state index in [1.165, 1.54) is 17.5 Å². The maximum atomic E-state index is 11.4. The second kappa shape index (κ2) is 6.29. The maximum Gasteiger partial charge on any atom is 0.336 e. The van der Waals surface area contributed by atoms with Gasteiger partial charge in [0.05, 0.1) is 21.3 Å². The van der Waals surface area contributed by atoms with Gasteiger partial charge in [-0.2, -0.15) is 0 Å². The fourth-order valence-electron chi connectivity index (χ4n) is 2.48. The SMILES string of the molecule is CCc1c(Oc2cncc3sc(C(N)=O)cc23)cccc1C(=O)O. The van der Waals surface area contributed by atoms with Gasteiger partial charge in [-0.25, -0.2) is 4.79 Å². The predicted molar refractivity (Wildman–Crippen MR) is 91.0 cm³/mol. The highest BCUT2D eigenvalue weighted by Gasteiger charge is 2.16. The van der Waals surface area contributed by atoms with Gasteiger partial charge in [-0.3, -0.25) is 9.78 Å². The molecule has 0 atom stereocenters. The fourth-order valence-corrected chi connectivity index (χ4v) is 3.38. The zero-order chi connectivity index (χ0) is 17.3. The maximum absolute atomic E-state index is 11.4. The van der Waals surface area contributed by atoms with Crippen molar-refractivity contribution < 1.29 is 19.4 Å². The topological polar surface area (TPSA) is 103 Å². The monoisotopic (exact) mass is 342 g/mol. The molecule has 1 aromatic carbocycles. The number of hydrogen-bond donors (Lipinski definition) is 2. The Morgan fingerprint density at radius 2 is 2.08 bits per heavy atom. The van der Waals surface area contributed by atoms with Crippen molar-refractivity contribution in [3.63, 3.8) is 0 Å². The van der Waals surface area contributed by atoms with Crippen molar-refractivity contribution in [2.24, 2.45) is 5.73 Å². The van der Waals surface area contributed by atoms with Crippen LogP contribution in [0.2, 0.25) is 0 Å². The lowest BCUT2D eigenvalue weighted by Crippen LogP contribution is -2.08. The summed E-state index contributed by atoms with van der Waals surface area (Å²) in [4.78, 5) is 27.3. The molecule has 122 valence electrons. The quantitative estimate of drug-likeness (QED) is 0.739. The summed E-state index contributed by atoms with van der Waals surface area (Å²) in [6, 6.07) is 6.55. The summed E-state index contributed by atoms with van der Waals surface area (Å²) < 4.78 is 6.70. The van der Waals surface area contributed by atoms with E-state index in [2.05, 4.69) is 4.98 Å². The molecule has 2 aromatic heterocycles. The van der Waals surface area contributed by atoms with Crippen molar-refractivity contribution in [2.45, 2.75) is 13.3 Å². The van der Waals surface area contributed by atoms with Crippen molar-refractivity contribution in [1.29, 1.82) is 0 Å². The van der Waals surface area contributed by atoms with E-state index >= 15 is 0 Å². The van der Waals surface area contributed by atoms with Gasteiger partial charge in [0.1, 0.15) is 5.75 Å². The van der Waals surface area contributed by atoms with Gasteiger partial charge in [-0.15, -0.1) is 11.3 Å². The first kappa shape index (κ1) is 15.9. The molecule has 0 saturated carbocycles. The number of ether oxygens (including phenoxy) is 1. The van der Waals surface area contributed by atoms with Gasteiger partial charge in [0.25, 0.3) is 5.91 Å². The summed E-state index contributed by atoms with van der Waals surface area (Å²) >= 11 is 1.24. The Morgan fingerprint density at radius 3 is 2.75 bits per heavy atom. The molecule has 0 aliphatic carbocycles. The Kier molecular flexibility index (Phi) is 4.18. The molecule has 0 aliphatic heterocycles. The third-order valence-corrected chi connectivity index (χ3v) is 4.67. The summed E-state index contributed by atoms with van der Waals surface area (Å²) in [5, 5.41) is 10.0. The zero-order valence-corrected chi connectivity index (χ0v) is 13.6. The molecule has 2 heterocycles. The average Bonchev–Trinajstić information content (AvgIpc) is 3.00. The van der Waals surface area contributed by atoms with E-state index in [0.29, 0.717) is 33.7 Å². The Morgan fingerprint density at radius 1 is 1.29 bits per heavy atom. The lowest BCUT2D eigenvalue weighted by Gasteiger charge is -2.12. The number of fused-ring (bicyclic) bond motifs is 1. The molecule has 3 N–H and O–H groups in total. The van der Waals surface area contributed by atoms with Gasteiger partial charge in [-0.1, -0.05) is 13.0 Å². The van der Waals surface area contributed by atoms with Crippen LogP contribution in [0.1, 0.15) is 32.5 Å². The van der Waals surface area contributed by atoms with Crippen molar-refractivity contribution in [2.75, 3.05) is 0 Å². The van der Waals surface area contributed by atoms with Crippen LogP contribution in [0.15, 0.2) is 36.7 Å². The van der Waals surface area contributed by atoms with Gasteiger partial charge >= 0.3 is 5.97 Å². The molecular formula is C17H14N2O4S. The number of nitrogens with two attached hydrogens (primary N) is 1. The number of aromatic nitrogens is 1. The number of amides is 1. The van der Waals surface area contributed by atoms with Crippen LogP contribution in [0.3, 0.4) is 0 Å². The van der Waals surface area contributed by atoms with Crippen LogP contribution in [-0.4, -0.2) is 22.0 Å². The number of hydrogen-bond acceptors (Lipinski definition) is 5. The van der Waals surface area contributed by atoms with Gasteiger partial charge in [0, 0.05) is 17.1 Å². The Hall–Kier alpha value is -2.93. The molecule has 6 nitrogen and oxygen atoms in total. The van der Waals surface area contributed by atoms with E-state index in [4.69, 9.17) is 10.5 Å². The number of benzene rings is 1. The van der Waals surface area contributed by atoms with Crippen LogP contribution >= 0.6 is 11.3 Å². The van der Waals surface area contributed by atoms with Crippen LogP contribution < -0.4 is 10.5 Å². The number of pyridine rings is 1. The minimum Gasteiger partial charge on any atom is -0.478 e. The van der Waals surface area contributed by atoms with E-state index in [-0.39, 0.29) is 5.56 Å². The normalized spacial score (nSPS) is 10.7. The van der Waals surface area contributed by atoms with Crippen LogP contribution in [0.25, 0.3) is 10.1 Å². The fraction of sp³-hybridized carbons (Fsp3) is 0.118. The predicted octanol–water partition coefficient (Wildman–Crippen LogP) is 3.45. The molecule has 0 fully saturated rings. The first-order chi connectivity index (χ1) is 11.5. The second-order valence-corrected chi connectivity index (χ2v) is 6.15. The zero-order valence-electron chi connectivity index (χ0n) is 12.8. The second-order valence-electron chi connectivity index (χ2n) is 5.07. The van der Waals surface area contributed by atoms with E-state index in [1.54, 1.807) is 30.5 Å². The number of primary amides is 1. The molecule has 0 spiro atoms. The number of carboxylic acids is 1. The molecule has 3 aromatic rings. The third kappa shape index (κ3) is 2.81. The third-order valence-electron chi connectivity index (χ3n) is 3.59. The Labute approximate surface area is 141 Å². The minimum atomic E-state index is -1.000. The van der Waals surface area contributed by atoms with Gasteiger partial charge in [-0.05, 0) is 24.6 Å². The summed E-state index contributed by atoms with van der Waals surface area (Å²) in [6.07, 6.45) is 3.68. The van der Waals surface area contributed by atoms with Crippen molar-refractivity contribution >= 4 is 33.3 Å². The summed E-state index contributed by atoms with van der Waals surface area (Å²) in [7, 11) is 0. The smallest absolute Gasteiger partial charge is 0.336 e. The van der Waals surface area contributed by atoms with Crippen molar-refractivity contribution in [3.05, 3.63) is 52.7 Å². The largest absolute Gasteiger partial charge is 0.478 e. The van der Waals surface area contributed by atoms with Gasteiger partial charge < -0.3 is 15.6 Å². The first-order valence-electron chi connectivity index (χ1n) is 7.21. The first-order valence-corrected chi connectivity index (χ1v) is 8.03. The van der Waals surface area contributed by atoms with Crippen LogP contribution in [0.5, 0.6) is 11.5 Å². The molecule has 0 radical (unpaired) electrons. The highest BCUT2D eigenvalue weighted by atomic mass is 32.1. The molecule has 0 saturated heterocycles. The summed E-state index contributed by atoms with van der Waals surface area (Å²) in [5.41, 5.74) is 6.13. The number of carbonyl (C=O) groups is 2. The van der Waals surface area contributed by atoms with E-state index in [1.807, 2.05) is 6.92 Å². The molecule has 1 amide bonds. The number of thiophene rings is 1. The highest BCUT2D eigenvalue weighted by Crippen LogP contribution is 2.36. The lowest BCUT2D eigenvalue weighted by molar-refractivity contribution is 0.0695. The molecule has 24 heavy (non-hydrogen) atoms. The van der Waals surface area contributed by atoms with Crippen LogP contribution in [0, 0.1) is 0 Å². The van der Waals surface area contributed by atoms with Crippen molar-refractivity contribution in [1.82, 2.24) is 4.98 Å². The summed E-state index contributed by atoms with van der Waals surface area (Å²) in [5.74, 6) is -0.600.